The third-order valence-electron chi connectivity index (χ3n) is 6.01. The number of rotatable bonds is 4. The van der Waals surface area contributed by atoms with E-state index in [0.29, 0.717) is 36.3 Å². The van der Waals surface area contributed by atoms with Gasteiger partial charge in [-0.1, -0.05) is 29.8 Å². The van der Waals surface area contributed by atoms with Crippen LogP contribution in [-0.2, 0) is 19.1 Å². The summed E-state index contributed by atoms with van der Waals surface area (Å²) in [5.41, 5.74) is 0.337. The van der Waals surface area contributed by atoms with Gasteiger partial charge in [-0.15, -0.1) is 0 Å². The minimum absolute atomic E-state index is 0.127. The second-order valence-electron chi connectivity index (χ2n) is 8.17. The molecule has 170 valence electrons. The predicted octanol–water partition coefficient (Wildman–Crippen LogP) is 0.898. The van der Waals surface area contributed by atoms with E-state index in [-0.39, 0.29) is 18.4 Å². The monoisotopic (exact) mass is 461 g/mol. The molecule has 3 aliphatic rings. The van der Waals surface area contributed by atoms with Crippen molar-refractivity contribution in [2.45, 2.75) is 62.6 Å². The van der Waals surface area contributed by atoms with Crippen molar-refractivity contribution in [1.82, 2.24) is 15.5 Å². The Bertz CT molecular complexity index is 967. The number of hydrogen-bond acceptors (Lipinski definition) is 6. The highest BCUT2D eigenvalue weighted by molar-refractivity contribution is 6.31. The fourth-order valence-corrected chi connectivity index (χ4v) is 4.60. The van der Waals surface area contributed by atoms with Crippen LogP contribution < -0.4 is 10.6 Å². The highest BCUT2D eigenvalue weighted by Gasteiger charge is 2.45. The molecule has 0 bridgehead atoms. The Morgan fingerprint density at radius 3 is 2.62 bits per heavy atom. The van der Waals surface area contributed by atoms with Crippen LogP contribution in [0.15, 0.2) is 36.4 Å². The number of aliphatic hydroxyl groups excluding tert-OH is 1. The number of nitrogens with zero attached hydrogens (tertiary/aromatic N) is 1. The maximum Gasteiger partial charge on any atom is 0.310 e. The molecular formula is C22H24ClN3O6. The molecule has 3 N–H and O–H groups in total. The summed E-state index contributed by atoms with van der Waals surface area (Å²) in [6.45, 7) is 0. The van der Waals surface area contributed by atoms with Crippen molar-refractivity contribution >= 4 is 35.3 Å². The van der Waals surface area contributed by atoms with Gasteiger partial charge in [-0.25, -0.2) is 0 Å². The molecule has 4 rings (SSSR count). The van der Waals surface area contributed by atoms with E-state index in [0.717, 1.165) is 0 Å². The minimum atomic E-state index is -1.40. The highest BCUT2D eigenvalue weighted by atomic mass is 35.5. The van der Waals surface area contributed by atoms with Crippen LogP contribution in [0.25, 0.3) is 0 Å². The van der Waals surface area contributed by atoms with Crippen LogP contribution in [0.1, 0.15) is 42.5 Å². The fourth-order valence-electron chi connectivity index (χ4n) is 4.41. The number of esters is 1. The number of nitrogens with one attached hydrogen (secondary N) is 2. The van der Waals surface area contributed by atoms with E-state index in [9.17, 15) is 24.3 Å². The number of benzene rings is 1. The van der Waals surface area contributed by atoms with Gasteiger partial charge in [-0.3, -0.25) is 19.2 Å². The Morgan fingerprint density at radius 2 is 1.91 bits per heavy atom. The van der Waals surface area contributed by atoms with Gasteiger partial charge in [0, 0.05) is 16.6 Å². The lowest BCUT2D eigenvalue weighted by atomic mass is 10.0. The van der Waals surface area contributed by atoms with Crippen molar-refractivity contribution < 1.29 is 29.0 Å². The molecule has 3 amide bonds. The molecule has 32 heavy (non-hydrogen) atoms. The number of ether oxygens (including phenoxy) is 1. The standard InChI is InChI=1S/C22H24ClN3O6/c23-13-5-3-4-12(10-13)19(28)24-15-7-2-1-6-14-8-9-17(26(14)21(15)30)20(29)25-16-11-18(27)32-22(16)31/h1-5,10,14-17,22,31H,6-9,11H2,(H,24,28)(H,25,29)/t14-,15+,16?,17+,22?/m1/s1. The first-order valence-corrected chi connectivity index (χ1v) is 10.9. The van der Waals surface area contributed by atoms with Crippen molar-refractivity contribution in [2.75, 3.05) is 0 Å². The van der Waals surface area contributed by atoms with Crippen LogP contribution in [-0.4, -0.2) is 64.2 Å². The maximum absolute atomic E-state index is 13.4. The van der Waals surface area contributed by atoms with Crippen LogP contribution >= 0.6 is 11.6 Å². The molecule has 9 nitrogen and oxygen atoms in total. The van der Waals surface area contributed by atoms with Gasteiger partial charge in [0.05, 0.1) is 6.42 Å². The molecule has 1 aromatic rings. The third kappa shape index (κ3) is 4.63. The molecule has 0 radical (unpaired) electrons. The summed E-state index contributed by atoms with van der Waals surface area (Å²) in [7, 11) is 0. The van der Waals surface area contributed by atoms with Gasteiger partial charge in [0.15, 0.2) is 0 Å². The SMILES string of the molecule is O=C1CC(NC(=O)[C@@H]2CC[C@H]3CC=CC[C@H](NC(=O)c4cccc(Cl)c4)C(=O)N32)C(O)O1. The van der Waals surface area contributed by atoms with Gasteiger partial charge < -0.3 is 25.4 Å². The molecule has 10 heteroatoms. The Balaban J connectivity index is 1.49. The molecule has 2 unspecified atom stereocenters. The smallest absolute Gasteiger partial charge is 0.310 e. The summed E-state index contributed by atoms with van der Waals surface area (Å²) in [6.07, 6.45) is 4.27. The summed E-state index contributed by atoms with van der Waals surface area (Å²) in [5.74, 6) is -1.82. The molecule has 0 aromatic heterocycles. The first-order chi connectivity index (χ1) is 15.3. The van der Waals surface area contributed by atoms with Crippen molar-refractivity contribution in [3.05, 3.63) is 47.0 Å². The van der Waals surface area contributed by atoms with Crippen molar-refractivity contribution in [1.29, 1.82) is 0 Å². The average molecular weight is 462 g/mol. The summed E-state index contributed by atoms with van der Waals surface area (Å²) in [6, 6.07) is 3.81. The molecule has 3 aliphatic heterocycles. The molecular weight excluding hydrogens is 438 g/mol. The molecule has 3 heterocycles. The Morgan fingerprint density at radius 1 is 1.12 bits per heavy atom. The van der Waals surface area contributed by atoms with Gasteiger partial charge in [-0.2, -0.15) is 0 Å². The lowest BCUT2D eigenvalue weighted by Crippen LogP contribution is -2.57. The van der Waals surface area contributed by atoms with E-state index < -0.39 is 42.2 Å². The van der Waals surface area contributed by atoms with Gasteiger partial charge in [-0.05, 0) is 43.9 Å². The largest absolute Gasteiger partial charge is 0.434 e. The number of hydrogen-bond donors (Lipinski definition) is 3. The summed E-state index contributed by atoms with van der Waals surface area (Å²) in [5, 5.41) is 15.6. The van der Waals surface area contributed by atoms with Crippen LogP contribution in [0, 0.1) is 0 Å². The second kappa shape index (κ2) is 9.30. The number of cyclic esters (lactones) is 1. The zero-order chi connectivity index (χ0) is 22.8. The highest BCUT2D eigenvalue weighted by Crippen LogP contribution is 2.30. The van der Waals surface area contributed by atoms with Crippen LogP contribution in [0.5, 0.6) is 0 Å². The molecule has 2 saturated heterocycles. The van der Waals surface area contributed by atoms with Gasteiger partial charge in [0.25, 0.3) is 5.91 Å². The Hall–Kier alpha value is -2.91. The number of amides is 3. The summed E-state index contributed by atoms with van der Waals surface area (Å²) < 4.78 is 4.67. The number of carbonyl (C=O) groups is 4. The normalized spacial score (nSPS) is 29.7. The molecule has 0 spiro atoms. The first-order valence-electron chi connectivity index (χ1n) is 10.5. The Labute approximate surface area is 189 Å². The lowest BCUT2D eigenvalue weighted by molar-refractivity contribution is -0.155. The van der Waals surface area contributed by atoms with Crippen LogP contribution in [0.3, 0.4) is 0 Å². The third-order valence-corrected chi connectivity index (χ3v) is 6.24. The van der Waals surface area contributed by atoms with E-state index in [1.807, 2.05) is 12.2 Å². The number of fused-ring (bicyclic) bond motifs is 1. The quantitative estimate of drug-likeness (QED) is 0.452. The number of carbonyl (C=O) groups excluding carboxylic acids is 4. The average Bonchev–Trinajstić information content (AvgIpc) is 3.30. The van der Waals surface area contributed by atoms with Crippen LogP contribution in [0.2, 0.25) is 5.02 Å². The van der Waals surface area contributed by atoms with E-state index in [1.54, 1.807) is 18.2 Å². The molecule has 1 aromatic carbocycles. The number of aliphatic hydroxyl groups is 1. The van der Waals surface area contributed by atoms with Gasteiger partial charge >= 0.3 is 5.97 Å². The van der Waals surface area contributed by atoms with Gasteiger partial charge in [0.1, 0.15) is 18.1 Å². The van der Waals surface area contributed by atoms with Crippen LogP contribution in [0.4, 0.5) is 0 Å². The first kappa shape index (κ1) is 22.3. The second-order valence-corrected chi connectivity index (χ2v) is 8.61. The van der Waals surface area contributed by atoms with Crippen molar-refractivity contribution in [2.24, 2.45) is 0 Å². The molecule has 0 aliphatic carbocycles. The molecule has 2 fully saturated rings. The van der Waals surface area contributed by atoms with E-state index in [4.69, 9.17) is 11.6 Å². The molecule has 0 saturated carbocycles. The summed E-state index contributed by atoms with van der Waals surface area (Å²) >= 11 is 5.97. The van der Waals surface area contributed by atoms with Gasteiger partial charge in [0.2, 0.25) is 18.1 Å². The minimum Gasteiger partial charge on any atom is -0.434 e. The predicted molar refractivity (Wildman–Crippen MR) is 113 cm³/mol. The zero-order valence-electron chi connectivity index (χ0n) is 17.2. The topological polar surface area (TPSA) is 125 Å². The van der Waals surface area contributed by atoms with Crippen molar-refractivity contribution in [3.63, 3.8) is 0 Å². The van der Waals surface area contributed by atoms with Crippen molar-refractivity contribution in [3.8, 4) is 0 Å². The Kier molecular flexibility index (Phi) is 6.48. The van der Waals surface area contributed by atoms with E-state index in [1.165, 1.54) is 11.0 Å². The zero-order valence-corrected chi connectivity index (χ0v) is 18.0. The summed E-state index contributed by atoms with van der Waals surface area (Å²) in [4.78, 5) is 52.0. The van der Waals surface area contributed by atoms with E-state index >= 15 is 0 Å². The number of halogens is 1. The fraction of sp³-hybridized carbons (Fsp3) is 0.455. The molecule has 5 atom stereocenters. The lowest BCUT2D eigenvalue weighted by Gasteiger charge is -2.34. The maximum atomic E-state index is 13.4. The van der Waals surface area contributed by atoms with E-state index in [2.05, 4.69) is 15.4 Å².